The Bertz CT molecular complexity index is 880. The van der Waals surface area contributed by atoms with Crippen LogP contribution >= 0.6 is 0 Å². The van der Waals surface area contributed by atoms with Crippen molar-refractivity contribution >= 4 is 27.6 Å². The van der Waals surface area contributed by atoms with Crippen molar-refractivity contribution in [2.45, 2.75) is 31.2 Å². The lowest BCUT2D eigenvalue weighted by molar-refractivity contribution is -0.117. The van der Waals surface area contributed by atoms with Gasteiger partial charge in [-0.25, -0.2) is 13.2 Å². The van der Waals surface area contributed by atoms with Crippen molar-refractivity contribution in [3.8, 4) is 0 Å². The van der Waals surface area contributed by atoms with E-state index in [9.17, 15) is 18.0 Å². The van der Waals surface area contributed by atoms with Gasteiger partial charge in [-0.15, -0.1) is 0 Å². The highest BCUT2D eigenvalue weighted by Gasteiger charge is 2.22. The predicted molar refractivity (Wildman–Crippen MR) is 102 cm³/mol. The molecule has 144 valence electrons. The van der Waals surface area contributed by atoms with Crippen molar-refractivity contribution in [1.29, 1.82) is 0 Å². The van der Waals surface area contributed by atoms with Crippen LogP contribution in [0.4, 0.5) is 5.69 Å². The number of amides is 1. The third-order valence-corrected chi connectivity index (χ3v) is 5.16. The Morgan fingerprint density at radius 1 is 1.04 bits per heavy atom. The molecule has 0 aromatic heterocycles. The molecule has 2 aromatic rings. The molecule has 2 rings (SSSR count). The SMILES string of the molecule is CCCOC(=O)c1ccc(NC(=O)[C@H](C)NS(=O)(=O)c2ccccc2)cc1. The summed E-state index contributed by atoms with van der Waals surface area (Å²) in [4.78, 5) is 24.1. The molecule has 27 heavy (non-hydrogen) atoms. The Morgan fingerprint density at radius 2 is 1.67 bits per heavy atom. The van der Waals surface area contributed by atoms with Gasteiger partial charge in [-0.05, 0) is 49.7 Å². The van der Waals surface area contributed by atoms with Crippen molar-refractivity contribution in [1.82, 2.24) is 4.72 Å². The minimum absolute atomic E-state index is 0.0830. The summed E-state index contributed by atoms with van der Waals surface area (Å²) in [5.41, 5.74) is 0.817. The first-order chi connectivity index (χ1) is 12.8. The first-order valence-electron chi connectivity index (χ1n) is 8.49. The van der Waals surface area contributed by atoms with Crippen LogP contribution in [-0.2, 0) is 19.6 Å². The zero-order valence-electron chi connectivity index (χ0n) is 15.1. The molecular formula is C19H22N2O5S. The smallest absolute Gasteiger partial charge is 0.338 e. The van der Waals surface area contributed by atoms with Gasteiger partial charge in [0, 0.05) is 5.69 Å². The van der Waals surface area contributed by atoms with Gasteiger partial charge in [0.25, 0.3) is 0 Å². The zero-order chi connectivity index (χ0) is 19.9. The Kier molecular flexibility index (Phi) is 7.09. The van der Waals surface area contributed by atoms with Crippen LogP contribution in [0.25, 0.3) is 0 Å². The summed E-state index contributed by atoms with van der Waals surface area (Å²) in [5, 5.41) is 2.61. The summed E-state index contributed by atoms with van der Waals surface area (Å²) < 4.78 is 31.9. The van der Waals surface area contributed by atoms with E-state index < -0.39 is 27.9 Å². The number of esters is 1. The lowest BCUT2D eigenvalue weighted by Crippen LogP contribution is -2.41. The number of hydrogen-bond acceptors (Lipinski definition) is 5. The third-order valence-electron chi connectivity index (χ3n) is 3.60. The monoisotopic (exact) mass is 390 g/mol. The normalized spacial score (nSPS) is 12.2. The highest BCUT2D eigenvalue weighted by Crippen LogP contribution is 2.12. The van der Waals surface area contributed by atoms with Crippen LogP contribution < -0.4 is 10.0 Å². The molecule has 0 unspecified atom stereocenters. The second-order valence-corrected chi connectivity index (χ2v) is 7.57. The van der Waals surface area contributed by atoms with Gasteiger partial charge in [0.15, 0.2) is 0 Å². The predicted octanol–water partition coefficient (Wildman–Crippen LogP) is 2.56. The van der Waals surface area contributed by atoms with Crippen molar-refractivity contribution in [2.24, 2.45) is 0 Å². The average Bonchev–Trinajstić information content (AvgIpc) is 2.67. The number of carbonyl (C=O) groups is 2. The number of ether oxygens (including phenoxy) is 1. The standard InChI is InChI=1S/C19H22N2O5S/c1-3-13-26-19(23)15-9-11-16(12-10-15)20-18(22)14(2)21-27(24,25)17-7-5-4-6-8-17/h4-12,14,21H,3,13H2,1-2H3,(H,20,22)/t14-/m0/s1. The first-order valence-corrected chi connectivity index (χ1v) is 9.97. The van der Waals surface area contributed by atoms with E-state index in [4.69, 9.17) is 4.74 Å². The highest BCUT2D eigenvalue weighted by molar-refractivity contribution is 7.89. The largest absolute Gasteiger partial charge is 0.462 e. The van der Waals surface area contributed by atoms with Crippen LogP contribution in [0.1, 0.15) is 30.6 Å². The van der Waals surface area contributed by atoms with Gasteiger partial charge < -0.3 is 10.1 Å². The number of nitrogens with one attached hydrogen (secondary N) is 2. The number of sulfonamides is 1. The summed E-state index contributed by atoms with van der Waals surface area (Å²) >= 11 is 0. The number of anilines is 1. The van der Waals surface area contributed by atoms with Crippen molar-refractivity contribution in [3.63, 3.8) is 0 Å². The van der Waals surface area contributed by atoms with Crippen LogP contribution in [0.3, 0.4) is 0 Å². The van der Waals surface area contributed by atoms with Crippen LogP contribution in [0.2, 0.25) is 0 Å². The van der Waals surface area contributed by atoms with E-state index in [1.165, 1.54) is 31.2 Å². The Balaban J connectivity index is 1.97. The molecule has 0 bridgehead atoms. The fourth-order valence-electron chi connectivity index (χ4n) is 2.17. The minimum atomic E-state index is -3.80. The van der Waals surface area contributed by atoms with E-state index in [0.717, 1.165) is 6.42 Å². The fourth-order valence-corrected chi connectivity index (χ4v) is 3.40. The molecule has 0 aliphatic heterocycles. The van der Waals surface area contributed by atoms with Gasteiger partial charge in [0.2, 0.25) is 15.9 Å². The maximum Gasteiger partial charge on any atom is 0.338 e. The maximum absolute atomic E-state index is 12.3. The summed E-state index contributed by atoms with van der Waals surface area (Å²) in [7, 11) is -3.80. The van der Waals surface area contributed by atoms with Crippen LogP contribution in [-0.4, -0.2) is 32.9 Å². The molecule has 2 aromatic carbocycles. The van der Waals surface area contributed by atoms with Gasteiger partial charge in [-0.1, -0.05) is 25.1 Å². The summed E-state index contributed by atoms with van der Waals surface area (Å²) in [6.45, 7) is 3.70. The maximum atomic E-state index is 12.3. The van der Waals surface area contributed by atoms with Crippen LogP contribution in [0.5, 0.6) is 0 Å². The lowest BCUT2D eigenvalue weighted by Gasteiger charge is -2.14. The molecule has 0 aliphatic rings. The lowest BCUT2D eigenvalue weighted by atomic mass is 10.2. The molecule has 0 saturated heterocycles. The molecule has 0 radical (unpaired) electrons. The van der Waals surface area contributed by atoms with E-state index in [0.29, 0.717) is 17.9 Å². The van der Waals surface area contributed by atoms with Gasteiger partial charge in [0.1, 0.15) is 0 Å². The fraction of sp³-hybridized carbons (Fsp3) is 0.263. The van der Waals surface area contributed by atoms with Gasteiger partial charge in [0.05, 0.1) is 23.1 Å². The Morgan fingerprint density at radius 3 is 2.26 bits per heavy atom. The van der Waals surface area contributed by atoms with Gasteiger partial charge in [-0.3, -0.25) is 4.79 Å². The van der Waals surface area contributed by atoms with E-state index in [2.05, 4.69) is 10.0 Å². The van der Waals surface area contributed by atoms with Crippen molar-refractivity contribution in [2.75, 3.05) is 11.9 Å². The van der Waals surface area contributed by atoms with Gasteiger partial charge in [-0.2, -0.15) is 4.72 Å². The number of hydrogen-bond donors (Lipinski definition) is 2. The molecule has 1 atom stereocenters. The molecular weight excluding hydrogens is 368 g/mol. The van der Waals surface area contributed by atoms with Crippen molar-refractivity contribution < 1.29 is 22.7 Å². The highest BCUT2D eigenvalue weighted by atomic mass is 32.2. The quantitative estimate of drug-likeness (QED) is 0.675. The summed E-state index contributed by atoms with van der Waals surface area (Å²) in [5.74, 6) is -0.950. The number of rotatable bonds is 8. The Hall–Kier alpha value is -2.71. The molecule has 7 nitrogen and oxygen atoms in total. The van der Waals surface area contributed by atoms with E-state index in [1.807, 2.05) is 6.92 Å². The zero-order valence-corrected chi connectivity index (χ0v) is 16.0. The van der Waals surface area contributed by atoms with Crippen LogP contribution in [0.15, 0.2) is 59.5 Å². The molecule has 1 amide bonds. The summed E-state index contributed by atoms with van der Waals surface area (Å²) in [6.07, 6.45) is 0.733. The third kappa shape index (κ3) is 5.90. The Labute approximate surface area is 158 Å². The molecule has 0 spiro atoms. The molecule has 2 N–H and O–H groups in total. The second kappa shape index (κ2) is 9.29. The van der Waals surface area contributed by atoms with E-state index in [-0.39, 0.29) is 4.90 Å². The summed E-state index contributed by atoms with van der Waals surface area (Å²) in [6, 6.07) is 13.0. The van der Waals surface area contributed by atoms with Crippen LogP contribution in [0, 0.1) is 0 Å². The van der Waals surface area contributed by atoms with E-state index in [1.54, 1.807) is 30.3 Å². The minimum Gasteiger partial charge on any atom is -0.462 e. The number of benzene rings is 2. The average molecular weight is 390 g/mol. The second-order valence-electron chi connectivity index (χ2n) is 5.86. The molecule has 0 heterocycles. The van der Waals surface area contributed by atoms with Gasteiger partial charge >= 0.3 is 5.97 Å². The van der Waals surface area contributed by atoms with E-state index >= 15 is 0 Å². The first kappa shape index (κ1) is 20.6. The topological polar surface area (TPSA) is 102 Å². The van der Waals surface area contributed by atoms with Crippen molar-refractivity contribution in [3.05, 3.63) is 60.2 Å². The molecule has 8 heteroatoms. The molecule has 0 saturated carbocycles. The molecule has 0 aliphatic carbocycles. The molecule has 0 fully saturated rings. The number of carbonyl (C=O) groups excluding carboxylic acids is 2.